The van der Waals surface area contributed by atoms with E-state index in [1.54, 1.807) is 24.3 Å². The summed E-state index contributed by atoms with van der Waals surface area (Å²) >= 11 is 1.53. The molecule has 8 nitrogen and oxygen atoms in total. The summed E-state index contributed by atoms with van der Waals surface area (Å²) in [6, 6.07) is 18.0. The molecule has 1 saturated heterocycles. The van der Waals surface area contributed by atoms with Gasteiger partial charge in [0.2, 0.25) is 0 Å². The van der Waals surface area contributed by atoms with Crippen molar-refractivity contribution in [3.05, 3.63) is 96.0 Å². The number of hydrogen-bond acceptors (Lipinski definition) is 5. The van der Waals surface area contributed by atoms with E-state index in [0.717, 1.165) is 17.1 Å². The molecule has 2 aliphatic rings. The lowest BCUT2D eigenvalue weighted by Gasteiger charge is -2.30. The zero-order valence-corrected chi connectivity index (χ0v) is 22.7. The molecule has 41 heavy (non-hydrogen) atoms. The van der Waals surface area contributed by atoms with Crippen LogP contribution in [0.2, 0.25) is 0 Å². The van der Waals surface area contributed by atoms with Gasteiger partial charge in [-0.1, -0.05) is 36.9 Å². The van der Waals surface area contributed by atoms with Crippen LogP contribution >= 0.6 is 11.8 Å². The minimum absolute atomic E-state index is 0.295. The Labute approximate surface area is 237 Å². The van der Waals surface area contributed by atoms with Crippen LogP contribution in [0.15, 0.2) is 89.8 Å². The van der Waals surface area contributed by atoms with Crippen LogP contribution in [0.25, 0.3) is 17.1 Å². The van der Waals surface area contributed by atoms with Gasteiger partial charge in [-0.2, -0.15) is 4.99 Å². The molecule has 2 amide bonds. The number of aliphatic imine (C=N–C) groups is 1. The van der Waals surface area contributed by atoms with Crippen molar-refractivity contribution in [3.63, 3.8) is 0 Å². The molecule has 1 aromatic heterocycles. The van der Waals surface area contributed by atoms with Gasteiger partial charge < -0.3 is 10.1 Å². The Morgan fingerprint density at radius 2 is 1.85 bits per heavy atom. The van der Waals surface area contributed by atoms with Gasteiger partial charge in [0.25, 0.3) is 0 Å². The van der Waals surface area contributed by atoms with Crippen LogP contribution in [-0.2, 0) is 0 Å². The second-order valence-corrected chi connectivity index (χ2v) is 10.5. The van der Waals surface area contributed by atoms with Gasteiger partial charge in [0, 0.05) is 28.6 Å². The van der Waals surface area contributed by atoms with E-state index in [1.165, 1.54) is 58.2 Å². The monoisotopic (exact) mass is 576 g/mol. The number of alkyl halides is 3. The van der Waals surface area contributed by atoms with Crippen LogP contribution in [0.1, 0.15) is 24.0 Å². The van der Waals surface area contributed by atoms with Gasteiger partial charge >= 0.3 is 12.4 Å². The van der Waals surface area contributed by atoms with Crippen LogP contribution in [0, 0.1) is 6.92 Å². The van der Waals surface area contributed by atoms with Crippen molar-refractivity contribution in [3.8, 4) is 22.8 Å². The largest absolute Gasteiger partial charge is 0.573 e. The molecule has 1 atom stereocenters. The van der Waals surface area contributed by atoms with E-state index < -0.39 is 12.4 Å². The van der Waals surface area contributed by atoms with Crippen molar-refractivity contribution in [2.75, 3.05) is 16.0 Å². The number of fused-ring (bicyclic) bond motifs is 3. The number of hydrogen-bond donors (Lipinski definition) is 1. The molecule has 0 bridgehead atoms. The van der Waals surface area contributed by atoms with Gasteiger partial charge in [-0.25, -0.2) is 14.5 Å². The molecule has 208 valence electrons. The third-order valence-corrected chi connectivity index (χ3v) is 7.66. The van der Waals surface area contributed by atoms with Crippen molar-refractivity contribution in [1.82, 2.24) is 14.8 Å². The normalized spacial score (nSPS) is 17.2. The summed E-state index contributed by atoms with van der Waals surface area (Å²) in [5, 5.41) is 7.85. The molecule has 0 spiro atoms. The number of nitrogens with zero attached hydrogens (tertiary/aromatic N) is 5. The Bertz CT molecular complexity index is 1680. The molecule has 1 unspecified atom stereocenters. The van der Waals surface area contributed by atoms with E-state index in [2.05, 4.69) is 62.1 Å². The number of ether oxygens (including phenoxy) is 1. The lowest BCUT2D eigenvalue weighted by molar-refractivity contribution is -0.274. The first kappa shape index (κ1) is 26.6. The quantitative estimate of drug-likeness (QED) is 0.275. The van der Waals surface area contributed by atoms with Gasteiger partial charge in [0.1, 0.15) is 12.1 Å². The Balaban J connectivity index is 1.13. The highest BCUT2D eigenvalue weighted by molar-refractivity contribution is 8.14. The van der Waals surface area contributed by atoms with Crippen LogP contribution in [0.3, 0.4) is 0 Å². The molecular formula is C29H23F3N6O2S. The summed E-state index contributed by atoms with van der Waals surface area (Å²) < 4.78 is 42.5. The first-order chi connectivity index (χ1) is 19.6. The van der Waals surface area contributed by atoms with Gasteiger partial charge in [-0.15, -0.1) is 18.3 Å². The zero-order valence-electron chi connectivity index (χ0n) is 21.9. The summed E-state index contributed by atoms with van der Waals surface area (Å²) in [4.78, 5) is 23.6. The van der Waals surface area contributed by atoms with Crippen LogP contribution < -0.4 is 15.0 Å². The maximum absolute atomic E-state index is 12.8. The molecule has 1 N–H and O–H groups in total. The van der Waals surface area contributed by atoms with Crippen molar-refractivity contribution >= 4 is 34.3 Å². The number of aryl methyl sites for hydroxylation is 1. The summed E-state index contributed by atoms with van der Waals surface area (Å²) in [7, 11) is 0. The zero-order chi connectivity index (χ0) is 28.7. The molecule has 1 fully saturated rings. The van der Waals surface area contributed by atoms with E-state index in [0.29, 0.717) is 33.8 Å². The molecule has 2 aliphatic heterocycles. The van der Waals surface area contributed by atoms with Gasteiger partial charge in [0.15, 0.2) is 11.0 Å². The van der Waals surface area contributed by atoms with E-state index >= 15 is 0 Å². The molecule has 4 aromatic rings. The fourth-order valence-electron chi connectivity index (χ4n) is 4.94. The number of amidine groups is 1. The van der Waals surface area contributed by atoms with E-state index in [1.807, 2.05) is 6.07 Å². The maximum atomic E-state index is 12.8. The average Bonchev–Trinajstić information content (AvgIpc) is 3.57. The van der Waals surface area contributed by atoms with Crippen molar-refractivity contribution in [2.24, 2.45) is 4.99 Å². The molecular weight excluding hydrogens is 553 g/mol. The lowest BCUT2D eigenvalue weighted by atomic mass is 9.90. The summed E-state index contributed by atoms with van der Waals surface area (Å²) in [6.45, 7) is 4.28. The highest BCUT2D eigenvalue weighted by atomic mass is 32.2. The number of urea groups is 1. The standard InChI is InChI=1S/C29H23F3N6O2S/c1-17-4-3-5-24-25(17)18(2)14-22-15-41-28(38(22)24)35-27(39)34-20-8-6-19(7-9-20)26-33-16-37(36-26)21-10-12-23(13-11-21)40-29(30,31)32/h3-14,16,18H,15H2,1-2H3,(H,34,39)/b35-28-. The fourth-order valence-corrected chi connectivity index (χ4v) is 5.93. The third-order valence-electron chi connectivity index (χ3n) is 6.69. The second-order valence-electron chi connectivity index (χ2n) is 9.53. The first-order valence-electron chi connectivity index (χ1n) is 12.7. The Morgan fingerprint density at radius 1 is 1.10 bits per heavy atom. The van der Waals surface area contributed by atoms with Crippen LogP contribution in [0.4, 0.5) is 29.3 Å². The Hall–Kier alpha value is -4.58. The fraction of sp³-hybridized carbons (Fsp3) is 0.172. The van der Waals surface area contributed by atoms with E-state index in [-0.39, 0.29) is 5.75 Å². The first-order valence-corrected chi connectivity index (χ1v) is 13.6. The van der Waals surface area contributed by atoms with Gasteiger partial charge in [-0.3, -0.25) is 4.90 Å². The number of carbonyl (C=O) groups excluding carboxylic acids is 1. The number of nitrogens with one attached hydrogen (secondary N) is 1. The Morgan fingerprint density at radius 3 is 2.59 bits per heavy atom. The number of carbonyl (C=O) groups is 1. The van der Waals surface area contributed by atoms with E-state index in [4.69, 9.17) is 0 Å². The minimum atomic E-state index is -4.76. The molecule has 12 heteroatoms. The molecule has 0 radical (unpaired) electrons. The van der Waals surface area contributed by atoms with Crippen molar-refractivity contribution < 1.29 is 22.7 Å². The van der Waals surface area contributed by atoms with E-state index in [9.17, 15) is 18.0 Å². The summed E-state index contributed by atoms with van der Waals surface area (Å²) in [5.74, 6) is 1.14. The number of allylic oxidation sites excluding steroid dienone is 1. The number of anilines is 2. The van der Waals surface area contributed by atoms with Crippen molar-refractivity contribution in [1.29, 1.82) is 0 Å². The number of halogens is 3. The Kier molecular flexibility index (Phi) is 6.78. The predicted molar refractivity (Wildman–Crippen MR) is 153 cm³/mol. The average molecular weight is 577 g/mol. The SMILES string of the molecule is Cc1cccc2c1C(C)C=C1CS/C(=N\C(=O)Nc3ccc(-c4ncn(-c5ccc(OC(F)(F)F)cc5)n4)cc3)N12. The maximum Gasteiger partial charge on any atom is 0.573 e. The van der Waals surface area contributed by atoms with Gasteiger partial charge in [-0.05, 0) is 72.6 Å². The molecule has 3 heterocycles. The predicted octanol–water partition coefficient (Wildman–Crippen LogP) is 7.28. The molecule has 0 saturated carbocycles. The van der Waals surface area contributed by atoms with Crippen LogP contribution in [0.5, 0.6) is 5.75 Å². The van der Waals surface area contributed by atoms with Crippen LogP contribution in [-0.4, -0.2) is 38.1 Å². The number of aromatic nitrogens is 3. The molecule has 3 aromatic carbocycles. The highest BCUT2D eigenvalue weighted by Gasteiger charge is 2.34. The topological polar surface area (TPSA) is 84.6 Å². The number of thioether (sulfide) groups is 1. The molecule has 0 aliphatic carbocycles. The number of rotatable bonds is 4. The smallest absolute Gasteiger partial charge is 0.406 e. The summed E-state index contributed by atoms with van der Waals surface area (Å²) in [5.41, 5.74) is 6.42. The summed E-state index contributed by atoms with van der Waals surface area (Å²) in [6.07, 6.45) is -1.06. The van der Waals surface area contributed by atoms with Gasteiger partial charge in [0.05, 0.1) is 11.4 Å². The minimum Gasteiger partial charge on any atom is -0.406 e. The third kappa shape index (κ3) is 5.55. The highest BCUT2D eigenvalue weighted by Crippen LogP contribution is 2.44. The molecule has 6 rings (SSSR count). The number of amides is 2. The second kappa shape index (κ2) is 10.4. The number of benzene rings is 3. The van der Waals surface area contributed by atoms with Crippen molar-refractivity contribution in [2.45, 2.75) is 26.1 Å². The lowest BCUT2D eigenvalue weighted by Crippen LogP contribution is -2.28.